The Balaban J connectivity index is 0.00000484. The van der Waals surface area contributed by atoms with Crippen molar-refractivity contribution in [2.45, 2.75) is 33.2 Å². The van der Waals surface area contributed by atoms with E-state index in [2.05, 4.69) is 34.8 Å². The molecule has 7 heteroatoms. The number of carbonyl (C=O) groups is 1. The lowest BCUT2D eigenvalue weighted by Gasteiger charge is -2.16. The monoisotopic (exact) mass is 434 g/mol. The predicted octanol–water partition coefficient (Wildman–Crippen LogP) is 2.61. The second-order valence-electron chi connectivity index (χ2n) is 5.01. The van der Waals surface area contributed by atoms with E-state index < -0.39 is 0 Å². The van der Waals surface area contributed by atoms with Crippen LogP contribution in [0.25, 0.3) is 0 Å². The number of halogens is 1. The van der Waals surface area contributed by atoms with Gasteiger partial charge in [0.2, 0.25) is 5.91 Å². The molecule has 0 heterocycles. The van der Waals surface area contributed by atoms with Crippen LogP contribution in [0.2, 0.25) is 0 Å². The van der Waals surface area contributed by atoms with Gasteiger partial charge in [0.05, 0.1) is 6.54 Å². The summed E-state index contributed by atoms with van der Waals surface area (Å²) in [7, 11) is 1.75. The number of amides is 1. The first-order valence-corrected chi connectivity index (χ1v) is 7.52. The van der Waals surface area contributed by atoms with Gasteiger partial charge in [-0.15, -0.1) is 24.0 Å². The molecule has 0 aliphatic carbocycles. The summed E-state index contributed by atoms with van der Waals surface area (Å²) >= 11 is 0. The Bertz CT molecular complexity index is 509. The van der Waals surface area contributed by atoms with E-state index in [1.807, 2.05) is 18.2 Å². The second kappa shape index (κ2) is 12.0. The average molecular weight is 434 g/mol. The summed E-state index contributed by atoms with van der Waals surface area (Å²) in [6.07, 6.45) is 1.03. The zero-order valence-corrected chi connectivity index (χ0v) is 16.5. The van der Waals surface area contributed by atoms with Crippen molar-refractivity contribution >= 4 is 41.5 Å². The van der Waals surface area contributed by atoms with Gasteiger partial charge in [-0.1, -0.05) is 13.0 Å². The van der Waals surface area contributed by atoms with Crippen molar-refractivity contribution in [3.05, 3.63) is 24.3 Å². The van der Waals surface area contributed by atoms with Gasteiger partial charge in [-0.3, -0.25) is 9.79 Å². The average Bonchev–Trinajstić information content (AvgIpc) is 2.49. The van der Waals surface area contributed by atoms with Crippen LogP contribution in [0, 0.1) is 0 Å². The van der Waals surface area contributed by atoms with Crippen LogP contribution in [-0.4, -0.2) is 38.1 Å². The SMILES string of the molecule is CCC(C)NC(=NC)NCCOc1cccc(NC(C)=O)c1.I. The van der Waals surface area contributed by atoms with Crippen molar-refractivity contribution in [2.24, 2.45) is 4.99 Å². The lowest BCUT2D eigenvalue weighted by atomic mass is 10.3. The summed E-state index contributed by atoms with van der Waals surface area (Å²) in [4.78, 5) is 15.2. The lowest BCUT2D eigenvalue weighted by molar-refractivity contribution is -0.114. The fourth-order valence-corrected chi connectivity index (χ4v) is 1.74. The summed E-state index contributed by atoms with van der Waals surface area (Å²) in [6.45, 7) is 6.85. The molecule has 0 aliphatic rings. The standard InChI is InChI=1S/C16H26N4O2.HI/c1-5-12(2)19-16(17-4)18-9-10-22-15-8-6-7-14(11-15)20-13(3)21;/h6-8,11-12H,5,9-10H2,1-4H3,(H,20,21)(H2,17,18,19);1H. The first kappa shape index (κ1) is 21.5. The smallest absolute Gasteiger partial charge is 0.221 e. The van der Waals surface area contributed by atoms with Gasteiger partial charge in [0.15, 0.2) is 5.96 Å². The number of hydrogen-bond acceptors (Lipinski definition) is 3. The molecular weight excluding hydrogens is 407 g/mol. The summed E-state index contributed by atoms with van der Waals surface area (Å²) < 4.78 is 5.66. The number of hydrogen-bond donors (Lipinski definition) is 3. The molecule has 130 valence electrons. The minimum Gasteiger partial charge on any atom is -0.492 e. The number of guanidine groups is 1. The Morgan fingerprint density at radius 1 is 1.39 bits per heavy atom. The Morgan fingerprint density at radius 2 is 2.13 bits per heavy atom. The first-order chi connectivity index (χ1) is 10.5. The van der Waals surface area contributed by atoms with E-state index in [-0.39, 0.29) is 29.9 Å². The minimum absolute atomic E-state index is 0. The molecule has 6 nitrogen and oxygen atoms in total. The van der Waals surface area contributed by atoms with Crippen molar-refractivity contribution < 1.29 is 9.53 Å². The highest BCUT2D eigenvalue weighted by Gasteiger charge is 2.02. The molecule has 1 atom stereocenters. The summed E-state index contributed by atoms with van der Waals surface area (Å²) in [5, 5.41) is 9.20. The molecule has 23 heavy (non-hydrogen) atoms. The molecule has 1 aromatic carbocycles. The Morgan fingerprint density at radius 3 is 2.74 bits per heavy atom. The topological polar surface area (TPSA) is 74.8 Å². The van der Waals surface area contributed by atoms with Gasteiger partial charge >= 0.3 is 0 Å². The van der Waals surface area contributed by atoms with Gasteiger partial charge in [0.1, 0.15) is 12.4 Å². The van der Waals surface area contributed by atoms with Gasteiger partial charge in [-0.25, -0.2) is 0 Å². The van der Waals surface area contributed by atoms with Crippen LogP contribution in [0.4, 0.5) is 5.69 Å². The van der Waals surface area contributed by atoms with E-state index in [1.165, 1.54) is 6.92 Å². The quantitative estimate of drug-likeness (QED) is 0.267. The largest absolute Gasteiger partial charge is 0.492 e. The molecular formula is C16H27IN4O2. The van der Waals surface area contributed by atoms with Gasteiger partial charge in [-0.2, -0.15) is 0 Å². The molecule has 1 rings (SSSR count). The number of aliphatic imine (C=N–C) groups is 1. The van der Waals surface area contributed by atoms with E-state index in [1.54, 1.807) is 13.1 Å². The van der Waals surface area contributed by atoms with Crippen LogP contribution in [0.15, 0.2) is 29.3 Å². The van der Waals surface area contributed by atoms with E-state index in [9.17, 15) is 4.79 Å². The molecule has 1 unspecified atom stereocenters. The number of nitrogens with zero attached hydrogens (tertiary/aromatic N) is 1. The maximum atomic E-state index is 11.0. The molecule has 0 fully saturated rings. The van der Waals surface area contributed by atoms with Crippen molar-refractivity contribution in [1.82, 2.24) is 10.6 Å². The van der Waals surface area contributed by atoms with Crippen LogP contribution in [0.5, 0.6) is 5.75 Å². The third-order valence-corrected chi connectivity index (χ3v) is 3.04. The number of nitrogens with one attached hydrogen (secondary N) is 3. The summed E-state index contributed by atoms with van der Waals surface area (Å²) in [5.74, 6) is 1.39. The lowest BCUT2D eigenvalue weighted by Crippen LogP contribution is -2.43. The normalized spacial score (nSPS) is 11.9. The molecule has 0 saturated heterocycles. The maximum absolute atomic E-state index is 11.0. The maximum Gasteiger partial charge on any atom is 0.221 e. The van der Waals surface area contributed by atoms with Crippen molar-refractivity contribution in [3.8, 4) is 5.75 Å². The van der Waals surface area contributed by atoms with Crippen molar-refractivity contribution in [1.29, 1.82) is 0 Å². The first-order valence-electron chi connectivity index (χ1n) is 7.52. The second-order valence-corrected chi connectivity index (χ2v) is 5.01. The van der Waals surface area contributed by atoms with Crippen LogP contribution in [0.3, 0.4) is 0 Å². The molecule has 3 N–H and O–H groups in total. The minimum atomic E-state index is -0.0984. The van der Waals surface area contributed by atoms with E-state index >= 15 is 0 Å². The highest BCUT2D eigenvalue weighted by molar-refractivity contribution is 14.0. The molecule has 1 amide bonds. The van der Waals surface area contributed by atoms with Crippen LogP contribution in [0.1, 0.15) is 27.2 Å². The summed E-state index contributed by atoms with van der Waals surface area (Å²) in [5.41, 5.74) is 0.729. The van der Waals surface area contributed by atoms with Gasteiger partial charge in [0.25, 0.3) is 0 Å². The Kier molecular flexibility index (Phi) is 11.2. The molecule has 0 radical (unpaired) electrons. The zero-order chi connectivity index (χ0) is 16.4. The molecule has 0 saturated carbocycles. The molecule has 1 aromatic rings. The highest BCUT2D eigenvalue weighted by atomic mass is 127. The number of anilines is 1. The molecule has 0 bridgehead atoms. The Hall–Kier alpha value is -1.51. The fraction of sp³-hybridized carbons (Fsp3) is 0.500. The van der Waals surface area contributed by atoms with Crippen molar-refractivity contribution in [3.63, 3.8) is 0 Å². The van der Waals surface area contributed by atoms with E-state index in [4.69, 9.17) is 4.74 Å². The summed E-state index contributed by atoms with van der Waals surface area (Å²) in [6, 6.07) is 7.70. The fourth-order valence-electron chi connectivity index (χ4n) is 1.74. The van der Waals surface area contributed by atoms with Crippen LogP contribution < -0.4 is 20.7 Å². The number of ether oxygens (including phenoxy) is 1. The number of benzene rings is 1. The predicted molar refractivity (Wildman–Crippen MR) is 106 cm³/mol. The number of carbonyl (C=O) groups excluding carboxylic acids is 1. The van der Waals surface area contributed by atoms with Crippen LogP contribution in [-0.2, 0) is 4.79 Å². The third-order valence-electron chi connectivity index (χ3n) is 3.04. The highest BCUT2D eigenvalue weighted by Crippen LogP contribution is 2.16. The zero-order valence-electron chi connectivity index (χ0n) is 14.2. The molecule has 0 spiro atoms. The van der Waals surface area contributed by atoms with Crippen molar-refractivity contribution in [2.75, 3.05) is 25.5 Å². The van der Waals surface area contributed by atoms with Crippen LogP contribution >= 0.6 is 24.0 Å². The third kappa shape index (κ3) is 9.27. The van der Waals surface area contributed by atoms with Gasteiger partial charge in [-0.05, 0) is 25.5 Å². The van der Waals surface area contributed by atoms with E-state index in [0.29, 0.717) is 19.2 Å². The van der Waals surface area contributed by atoms with E-state index in [0.717, 1.165) is 23.8 Å². The van der Waals surface area contributed by atoms with Gasteiger partial charge < -0.3 is 20.7 Å². The van der Waals surface area contributed by atoms with Gasteiger partial charge in [0, 0.05) is 31.8 Å². The molecule has 0 aromatic heterocycles. The number of rotatable bonds is 7. The molecule has 0 aliphatic heterocycles. The Labute approximate surface area is 155 Å².